The molecule has 0 amide bonds. The number of nitrogen functional groups attached to an aromatic ring is 1. The lowest BCUT2D eigenvalue weighted by molar-refractivity contribution is 0.368. The summed E-state index contributed by atoms with van der Waals surface area (Å²) in [6.45, 7) is 0. The van der Waals surface area contributed by atoms with Crippen LogP contribution >= 0.6 is 11.6 Å². The van der Waals surface area contributed by atoms with Crippen molar-refractivity contribution in [1.82, 2.24) is 9.97 Å². The van der Waals surface area contributed by atoms with Gasteiger partial charge in [0, 0.05) is 5.56 Å². The fourth-order valence-electron chi connectivity index (χ4n) is 1.68. The van der Waals surface area contributed by atoms with Crippen molar-refractivity contribution in [2.75, 3.05) is 20.0 Å². The van der Waals surface area contributed by atoms with Gasteiger partial charge in [-0.2, -0.15) is 9.97 Å². The molecule has 0 fully saturated rings. The Morgan fingerprint density at radius 1 is 1.14 bits per heavy atom. The summed E-state index contributed by atoms with van der Waals surface area (Å²) in [5.41, 5.74) is 5.31. The topological polar surface area (TPSA) is 70.3 Å². The summed E-state index contributed by atoms with van der Waals surface area (Å²) in [6, 6.07) is 3.68. The molecule has 0 spiro atoms. The van der Waals surface area contributed by atoms with Crippen LogP contribution in [-0.4, -0.2) is 24.2 Å². The smallest absolute Gasteiger partial charge is 0.220 e. The van der Waals surface area contributed by atoms with Gasteiger partial charge in [0.25, 0.3) is 0 Å². The average molecular weight is 316 g/mol. The van der Waals surface area contributed by atoms with Crippen LogP contribution in [0.25, 0.3) is 0 Å². The molecule has 8 heteroatoms. The van der Waals surface area contributed by atoms with Crippen molar-refractivity contribution in [1.29, 1.82) is 0 Å². The lowest BCUT2D eigenvalue weighted by Crippen LogP contribution is -2.08. The molecule has 2 N–H and O–H groups in total. The third-order valence-corrected chi connectivity index (χ3v) is 3.21. The molecule has 1 aromatic carbocycles. The number of anilines is 1. The molecule has 0 aliphatic carbocycles. The third kappa shape index (κ3) is 2.97. The molecule has 0 aliphatic heterocycles. The van der Waals surface area contributed by atoms with Gasteiger partial charge in [-0.25, -0.2) is 8.78 Å². The molecule has 1 heterocycles. The maximum atomic E-state index is 13.5. The van der Waals surface area contributed by atoms with E-state index in [2.05, 4.69) is 9.97 Å². The van der Waals surface area contributed by atoms with Gasteiger partial charge in [0.1, 0.15) is 5.38 Å². The van der Waals surface area contributed by atoms with E-state index in [4.69, 9.17) is 26.8 Å². The van der Waals surface area contributed by atoms with Crippen molar-refractivity contribution in [3.63, 3.8) is 0 Å². The summed E-state index contributed by atoms with van der Waals surface area (Å²) in [5.74, 6) is -1.66. The molecule has 0 radical (unpaired) electrons. The first-order valence-electron chi connectivity index (χ1n) is 5.82. The van der Waals surface area contributed by atoms with E-state index < -0.39 is 17.0 Å². The van der Waals surface area contributed by atoms with Crippen LogP contribution in [0.2, 0.25) is 0 Å². The first kappa shape index (κ1) is 15.2. The zero-order chi connectivity index (χ0) is 15.6. The number of hydrogen-bond acceptors (Lipinski definition) is 5. The highest BCUT2D eigenvalue weighted by molar-refractivity contribution is 6.22. The molecular weight excluding hydrogens is 304 g/mol. The van der Waals surface area contributed by atoms with Crippen molar-refractivity contribution < 1.29 is 18.3 Å². The van der Waals surface area contributed by atoms with Gasteiger partial charge >= 0.3 is 0 Å². The van der Waals surface area contributed by atoms with E-state index in [-0.39, 0.29) is 28.8 Å². The molecule has 112 valence electrons. The number of rotatable bonds is 4. The summed E-state index contributed by atoms with van der Waals surface area (Å²) < 4.78 is 36.6. The fraction of sp³-hybridized carbons (Fsp3) is 0.231. The number of ether oxygens (including phenoxy) is 2. The largest absolute Gasteiger partial charge is 0.481 e. The molecule has 5 nitrogen and oxygen atoms in total. The van der Waals surface area contributed by atoms with Crippen LogP contribution in [0.1, 0.15) is 16.8 Å². The van der Waals surface area contributed by atoms with Crippen LogP contribution in [0.4, 0.5) is 14.5 Å². The van der Waals surface area contributed by atoms with Crippen LogP contribution in [0, 0.1) is 11.6 Å². The quantitative estimate of drug-likeness (QED) is 0.694. The molecule has 1 unspecified atom stereocenters. The first-order valence-corrected chi connectivity index (χ1v) is 6.26. The van der Waals surface area contributed by atoms with E-state index in [1.54, 1.807) is 0 Å². The van der Waals surface area contributed by atoms with Crippen molar-refractivity contribution in [3.05, 3.63) is 41.2 Å². The second-order valence-electron chi connectivity index (χ2n) is 4.04. The maximum absolute atomic E-state index is 13.5. The third-order valence-electron chi connectivity index (χ3n) is 2.78. The standard InChI is InChI=1S/C13H12ClF2N3O2/c1-20-8-5-9(21-2)19-13(18-8)10(14)6-3-4-7(15)11(16)12(6)17/h3-5,10H,17H2,1-2H3. The number of nitrogens with zero attached hydrogens (tertiary/aromatic N) is 2. The minimum absolute atomic E-state index is 0.102. The Morgan fingerprint density at radius 3 is 2.24 bits per heavy atom. The molecule has 21 heavy (non-hydrogen) atoms. The minimum Gasteiger partial charge on any atom is -0.481 e. The fourth-order valence-corrected chi connectivity index (χ4v) is 1.97. The maximum Gasteiger partial charge on any atom is 0.220 e. The van der Waals surface area contributed by atoms with E-state index in [0.717, 1.165) is 6.07 Å². The van der Waals surface area contributed by atoms with E-state index >= 15 is 0 Å². The lowest BCUT2D eigenvalue weighted by Gasteiger charge is -2.13. The van der Waals surface area contributed by atoms with Gasteiger partial charge in [-0.1, -0.05) is 6.07 Å². The molecule has 0 bridgehead atoms. The van der Waals surface area contributed by atoms with E-state index in [1.807, 2.05) is 0 Å². The number of alkyl halides is 1. The Balaban J connectivity index is 2.49. The molecular formula is C13H12ClF2N3O2. The van der Waals surface area contributed by atoms with Crippen molar-refractivity contribution >= 4 is 17.3 Å². The molecule has 2 aromatic rings. The summed E-state index contributed by atoms with van der Waals surface area (Å²) in [6.07, 6.45) is 0. The van der Waals surface area contributed by atoms with Gasteiger partial charge in [0.2, 0.25) is 11.8 Å². The normalized spacial score (nSPS) is 12.0. The van der Waals surface area contributed by atoms with Crippen LogP contribution in [0.3, 0.4) is 0 Å². The van der Waals surface area contributed by atoms with Crippen LogP contribution in [0.5, 0.6) is 11.8 Å². The Bertz CT molecular complexity index is 648. The zero-order valence-electron chi connectivity index (χ0n) is 11.2. The summed E-state index contributed by atoms with van der Waals surface area (Å²) in [7, 11) is 2.83. The average Bonchev–Trinajstić information content (AvgIpc) is 2.51. The highest BCUT2D eigenvalue weighted by atomic mass is 35.5. The van der Waals surface area contributed by atoms with Gasteiger partial charge in [0.15, 0.2) is 17.5 Å². The number of aromatic nitrogens is 2. The predicted molar refractivity (Wildman–Crippen MR) is 73.6 cm³/mol. The Morgan fingerprint density at radius 2 is 1.71 bits per heavy atom. The van der Waals surface area contributed by atoms with Crippen molar-refractivity contribution in [3.8, 4) is 11.8 Å². The van der Waals surface area contributed by atoms with Gasteiger partial charge in [0.05, 0.1) is 26.0 Å². The second-order valence-corrected chi connectivity index (χ2v) is 4.47. The first-order chi connectivity index (χ1) is 9.97. The molecule has 0 saturated heterocycles. The molecule has 1 aromatic heterocycles. The molecule has 1 atom stereocenters. The SMILES string of the molecule is COc1cc(OC)nc(C(Cl)c2ccc(F)c(F)c2N)n1. The van der Waals surface area contributed by atoms with E-state index in [0.29, 0.717) is 0 Å². The molecule has 0 aliphatic rings. The van der Waals surface area contributed by atoms with Gasteiger partial charge in [-0.3, -0.25) is 0 Å². The van der Waals surface area contributed by atoms with E-state index in [9.17, 15) is 8.78 Å². The summed E-state index contributed by atoms with van der Waals surface area (Å²) in [5, 5.41) is -0.982. The number of hydrogen-bond donors (Lipinski definition) is 1. The lowest BCUT2D eigenvalue weighted by atomic mass is 10.1. The Hall–Kier alpha value is -2.15. The minimum atomic E-state index is -1.16. The summed E-state index contributed by atoms with van der Waals surface area (Å²) in [4.78, 5) is 8.10. The van der Waals surface area contributed by atoms with Crippen LogP contribution < -0.4 is 15.2 Å². The summed E-state index contributed by atoms with van der Waals surface area (Å²) >= 11 is 6.21. The van der Waals surface area contributed by atoms with Gasteiger partial charge in [-0.15, -0.1) is 11.6 Å². The Kier molecular flexibility index (Phi) is 4.42. The Labute approximate surface area is 124 Å². The highest BCUT2D eigenvalue weighted by Crippen LogP contribution is 2.34. The number of nitrogens with two attached hydrogens (primary N) is 1. The molecule has 2 rings (SSSR count). The number of halogens is 3. The van der Waals surface area contributed by atoms with Crippen molar-refractivity contribution in [2.45, 2.75) is 5.38 Å². The molecule has 0 saturated carbocycles. The van der Waals surface area contributed by atoms with Gasteiger partial charge in [-0.05, 0) is 6.07 Å². The predicted octanol–water partition coefficient (Wildman–Crippen LogP) is 2.68. The highest BCUT2D eigenvalue weighted by Gasteiger charge is 2.22. The van der Waals surface area contributed by atoms with Crippen LogP contribution in [0.15, 0.2) is 18.2 Å². The second kappa shape index (κ2) is 6.09. The number of benzene rings is 1. The monoisotopic (exact) mass is 315 g/mol. The van der Waals surface area contributed by atoms with Crippen molar-refractivity contribution in [2.24, 2.45) is 0 Å². The van der Waals surface area contributed by atoms with Gasteiger partial charge < -0.3 is 15.2 Å². The zero-order valence-corrected chi connectivity index (χ0v) is 12.0. The van der Waals surface area contributed by atoms with Crippen LogP contribution in [-0.2, 0) is 0 Å². The van der Waals surface area contributed by atoms with E-state index in [1.165, 1.54) is 26.4 Å². The number of methoxy groups -OCH3 is 2.